The molecule has 5 N–H and O–H groups in total. The number of nitrogen functional groups attached to an aromatic ring is 2. The van der Waals surface area contributed by atoms with E-state index in [9.17, 15) is 10.4 Å². The van der Waals surface area contributed by atoms with E-state index in [4.69, 9.17) is 11.5 Å². The van der Waals surface area contributed by atoms with Gasteiger partial charge in [-0.3, -0.25) is 0 Å². The van der Waals surface area contributed by atoms with E-state index in [1.807, 2.05) is 30.3 Å². The van der Waals surface area contributed by atoms with Crippen LogP contribution in [0.2, 0.25) is 0 Å². The van der Waals surface area contributed by atoms with Crippen LogP contribution in [-0.4, -0.2) is 15.1 Å². The summed E-state index contributed by atoms with van der Waals surface area (Å²) in [7, 11) is 0. The summed E-state index contributed by atoms with van der Waals surface area (Å²) < 4.78 is 0. The molecule has 0 fully saturated rings. The molecule has 0 saturated carbocycles. The fourth-order valence-corrected chi connectivity index (χ4v) is 2.34. The van der Waals surface area contributed by atoms with Crippen molar-refractivity contribution in [3.05, 3.63) is 54.1 Å². The summed E-state index contributed by atoms with van der Waals surface area (Å²) in [5, 5.41) is 19.1. The van der Waals surface area contributed by atoms with Gasteiger partial charge in [-0.15, -0.1) is 0 Å². The average Bonchev–Trinajstić information content (AvgIpc) is 2.55. The molecule has 0 amide bonds. The third-order valence-corrected chi connectivity index (χ3v) is 3.44. The number of nitriles is 1. The maximum atomic E-state index is 9.91. The number of anilines is 2. The van der Waals surface area contributed by atoms with Gasteiger partial charge >= 0.3 is 0 Å². The van der Waals surface area contributed by atoms with Gasteiger partial charge in [-0.1, -0.05) is 42.5 Å². The molecule has 0 aliphatic heterocycles. The van der Waals surface area contributed by atoms with Crippen molar-refractivity contribution in [1.29, 1.82) is 5.26 Å². The highest BCUT2D eigenvalue weighted by Crippen LogP contribution is 2.31. The third kappa shape index (κ3) is 2.63. The standard InChI is InChI=1S/C17H13N5O/c18-9-13-15(21-17(20)22-16(13)19)11-7-5-10(6-8-11)12-3-1-2-4-14(12)23/h1-8,23H,(H4,19,20,21,22). The van der Waals surface area contributed by atoms with E-state index < -0.39 is 0 Å². The predicted octanol–water partition coefficient (Wildman–Crippen LogP) is 2.55. The highest BCUT2D eigenvalue weighted by atomic mass is 16.3. The van der Waals surface area contributed by atoms with Crippen LogP contribution in [0, 0.1) is 11.3 Å². The Labute approximate surface area is 132 Å². The van der Waals surface area contributed by atoms with Crippen LogP contribution in [0.4, 0.5) is 11.8 Å². The molecule has 6 heteroatoms. The van der Waals surface area contributed by atoms with Gasteiger partial charge in [-0.25, -0.2) is 4.98 Å². The Hall–Kier alpha value is -3.59. The molecule has 0 saturated heterocycles. The Morgan fingerprint density at radius 2 is 1.57 bits per heavy atom. The molecule has 3 aromatic rings. The SMILES string of the molecule is N#Cc1c(N)nc(N)nc1-c1ccc(-c2ccccc2O)cc1. The monoisotopic (exact) mass is 303 g/mol. The zero-order valence-electron chi connectivity index (χ0n) is 12.1. The van der Waals surface area contributed by atoms with Crippen LogP contribution in [0.15, 0.2) is 48.5 Å². The van der Waals surface area contributed by atoms with Crippen molar-refractivity contribution >= 4 is 11.8 Å². The zero-order chi connectivity index (χ0) is 16.4. The number of hydrogen-bond acceptors (Lipinski definition) is 6. The smallest absolute Gasteiger partial charge is 0.222 e. The largest absolute Gasteiger partial charge is 0.507 e. The lowest BCUT2D eigenvalue weighted by atomic mass is 10.0. The summed E-state index contributed by atoms with van der Waals surface area (Å²) in [6.45, 7) is 0. The third-order valence-electron chi connectivity index (χ3n) is 3.44. The first-order chi connectivity index (χ1) is 11.1. The molecule has 0 aliphatic carbocycles. The van der Waals surface area contributed by atoms with E-state index in [0.29, 0.717) is 11.3 Å². The van der Waals surface area contributed by atoms with Crippen LogP contribution in [0.5, 0.6) is 5.75 Å². The number of benzene rings is 2. The Bertz CT molecular complexity index is 913. The molecule has 0 radical (unpaired) electrons. The van der Waals surface area contributed by atoms with Gasteiger partial charge in [-0.2, -0.15) is 10.2 Å². The molecule has 0 aliphatic rings. The van der Waals surface area contributed by atoms with Gasteiger partial charge in [0.05, 0.1) is 5.69 Å². The maximum Gasteiger partial charge on any atom is 0.222 e. The second-order valence-electron chi connectivity index (χ2n) is 4.90. The minimum atomic E-state index is 0.0151. The lowest BCUT2D eigenvalue weighted by molar-refractivity contribution is 0.477. The van der Waals surface area contributed by atoms with Gasteiger partial charge in [-0.05, 0) is 11.6 Å². The second-order valence-corrected chi connectivity index (χ2v) is 4.90. The van der Waals surface area contributed by atoms with E-state index in [1.54, 1.807) is 24.3 Å². The number of phenols is 1. The minimum Gasteiger partial charge on any atom is -0.507 e. The molecule has 112 valence electrons. The van der Waals surface area contributed by atoms with Crippen molar-refractivity contribution in [3.63, 3.8) is 0 Å². The Morgan fingerprint density at radius 3 is 2.22 bits per heavy atom. The van der Waals surface area contributed by atoms with Crippen LogP contribution in [0.3, 0.4) is 0 Å². The van der Waals surface area contributed by atoms with E-state index in [1.165, 1.54) is 0 Å². The van der Waals surface area contributed by atoms with Gasteiger partial charge in [0.15, 0.2) is 0 Å². The first kappa shape index (κ1) is 14.4. The molecule has 0 bridgehead atoms. The van der Waals surface area contributed by atoms with E-state index in [2.05, 4.69) is 9.97 Å². The molecule has 0 spiro atoms. The van der Waals surface area contributed by atoms with Gasteiger partial charge in [0.25, 0.3) is 0 Å². The van der Waals surface area contributed by atoms with Gasteiger partial charge in [0, 0.05) is 11.1 Å². The first-order valence-electron chi connectivity index (χ1n) is 6.82. The molecule has 3 rings (SSSR count). The molecule has 0 atom stereocenters. The number of aromatic nitrogens is 2. The van der Waals surface area contributed by atoms with Crippen molar-refractivity contribution < 1.29 is 5.11 Å². The zero-order valence-corrected chi connectivity index (χ0v) is 12.1. The Morgan fingerprint density at radius 1 is 0.913 bits per heavy atom. The molecule has 23 heavy (non-hydrogen) atoms. The van der Waals surface area contributed by atoms with Gasteiger partial charge in [0.2, 0.25) is 5.95 Å². The molecule has 0 unspecified atom stereocenters. The lowest BCUT2D eigenvalue weighted by Crippen LogP contribution is -2.04. The van der Waals surface area contributed by atoms with Crippen molar-refractivity contribution in [2.45, 2.75) is 0 Å². The lowest BCUT2D eigenvalue weighted by Gasteiger charge is -2.08. The number of para-hydroxylation sites is 1. The predicted molar refractivity (Wildman–Crippen MR) is 88.1 cm³/mol. The van der Waals surface area contributed by atoms with E-state index >= 15 is 0 Å². The summed E-state index contributed by atoms with van der Waals surface area (Å²) in [4.78, 5) is 7.91. The molecule has 2 aromatic carbocycles. The molecule has 1 aromatic heterocycles. The molecule has 1 heterocycles. The Kier molecular flexibility index (Phi) is 3.53. The highest BCUT2D eigenvalue weighted by Gasteiger charge is 2.13. The topological polar surface area (TPSA) is 122 Å². The highest BCUT2D eigenvalue weighted by molar-refractivity contribution is 5.76. The van der Waals surface area contributed by atoms with Crippen molar-refractivity contribution in [1.82, 2.24) is 9.97 Å². The molecular formula is C17H13N5O. The van der Waals surface area contributed by atoms with Crippen LogP contribution >= 0.6 is 0 Å². The van der Waals surface area contributed by atoms with Crippen molar-refractivity contribution in [3.8, 4) is 34.2 Å². The number of aromatic hydroxyl groups is 1. The van der Waals surface area contributed by atoms with Crippen LogP contribution in [-0.2, 0) is 0 Å². The van der Waals surface area contributed by atoms with Gasteiger partial charge < -0.3 is 16.6 Å². The van der Waals surface area contributed by atoms with Crippen LogP contribution in [0.1, 0.15) is 5.56 Å². The van der Waals surface area contributed by atoms with Crippen LogP contribution < -0.4 is 11.5 Å². The summed E-state index contributed by atoms with van der Waals surface area (Å²) in [5.41, 5.74) is 14.2. The number of phenolic OH excluding ortho intramolecular Hbond substituents is 1. The maximum absolute atomic E-state index is 9.91. The molecule has 6 nitrogen and oxygen atoms in total. The fourth-order valence-electron chi connectivity index (χ4n) is 2.34. The number of rotatable bonds is 2. The minimum absolute atomic E-state index is 0.0151. The average molecular weight is 303 g/mol. The Balaban J connectivity index is 2.08. The normalized spacial score (nSPS) is 10.2. The van der Waals surface area contributed by atoms with E-state index in [-0.39, 0.29) is 23.1 Å². The van der Waals surface area contributed by atoms with Crippen molar-refractivity contribution in [2.75, 3.05) is 11.5 Å². The summed E-state index contributed by atoms with van der Waals surface area (Å²) in [5.74, 6) is 0.273. The first-order valence-corrected chi connectivity index (χ1v) is 6.82. The van der Waals surface area contributed by atoms with E-state index in [0.717, 1.165) is 11.1 Å². The summed E-state index contributed by atoms with van der Waals surface area (Å²) >= 11 is 0. The molecular weight excluding hydrogens is 290 g/mol. The number of nitrogens with two attached hydrogens (primary N) is 2. The summed E-state index contributed by atoms with van der Waals surface area (Å²) in [6, 6.07) is 16.3. The van der Waals surface area contributed by atoms with Gasteiger partial charge in [0.1, 0.15) is 23.2 Å². The fraction of sp³-hybridized carbons (Fsp3) is 0. The van der Waals surface area contributed by atoms with Crippen LogP contribution in [0.25, 0.3) is 22.4 Å². The van der Waals surface area contributed by atoms with Crippen molar-refractivity contribution in [2.24, 2.45) is 0 Å². The summed E-state index contributed by atoms with van der Waals surface area (Å²) in [6.07, 6.45) is 0. The number of nitrogens with zero attached hydrogens (tertiary/aromatic N) is 3. The quantitative estimate of drug-likeness (QED) is 0.668. The number of hydrogen-bond donors (Lipinski definition) is 3. The second kappa shape index (κ2) is 5.66.